The Kier molecular flexibility index (Phi) is 4.65. The van der Waals surface area contributed by atoms with Crippen molar-refractivity contribution in [1.82, 2.24) is 0 Å². The second kappa shape index (κ2) is 6.82. The first-order chi connectivity index (χ1) is 12.2. The SMILES string of the molecule is CC1CCC2CC(C3CCC(C4CCC5CC4O5)C(O)C3)CCC2C1. The molecule has 2 bridgehead atoms. The van der Waals surface area contributed by atoms with E-state index in [0.717, 1.165) is 36.0 Å². The Balaban J connectivity index is 1.17. The van der Waals surface area contributed by atoms with E-state index in [9.17, 15) is 5.11 Å². The molecule has 6 rings (SSSR count). The van der Waals surface area contributed by atoms with Crippen LogP contribution in [-0.4, -0.2) is 23.4 Å². The van der Waals surface area contributed by atoms with E-state index in [1.54, 1.807) is 0 Å². The van der Waals surface area contributed by atoms with Crippen LogP contribution in [0.1, 0.15) is 84.0 Å². The molecule has 2 saturated heterocycles. The van der Waals surface area contributed by atoms with Gasteiger partial charge in [-0.2, -0.15) is 0 Å². The minimum Gasteiger partial charge on any atom is -0.393 e. The summed E-state index contributed by atoms with van der Waals surface area (Å²) in [4.78, 5) is 0. The first-order valence-electron chi connectivity index (χ1n) is 11.5. The largest absolute Gasteiger partial charge is 0.393 e. The van der Waals surface area contributed by atoms with Crippen molar-refractivity contribution in [1.29, 1.82) is 0 Å². The first-order valence-corrected chi connectivity index (χ1v) is 11.5. The van der Waals surface area contributed by atoms with E-state index >= 15 is 0 Å². The lowest BCUT2D eigenvalue weighted by Crippen LogP contribution is -2.52. The number of ether oxygens (including phenoxy) is 1. The highest BCUT2D eigenvalue weighted by Gasteiger charge is 2.48. The summed E-state index contributed by atoms with van der Waals surface area (Å²) in [5, 5.41) is 11.0. The third kappa shape index (κ3) is 3.20. The smallest absolute Gasteiger partial charge is 0.0635 e. The zero-order valence-electron chi connectivity index (χ0n) is 16.1. The Morgan fingerprint density at radius 2 is 1.24 bits per heavy atom. The summed E-state index contributed by atoms with van der Waals surface area (Å²) in [5.41, 5.74) is 0. The average molecular weight is 347 g/mol. The monoisotopic (exact) mass is 346 g/mol. The van der Waals surface area contributed by atoms with Crippen LogP contribution in [0.2, 0.25) is 0 Å². The molecule has 2 heterocycles. The summed E-state index contributed by atoms with van der Waals surface area (Å²) in [6.45, 7) is 2.46. The molecule has 2 nitrogen and oxygen atoms in total. The van der Waals surface area contributed by atoms with Gasteiger partial charge < -0.3 is 9.84 Å². The van der Waals surface area contributed by atoms with Crippen molar-refractivity contribution >= 4 is 0 Å². The van der Waals surface area contributed by atoms with E-state index in [0.29, 0.717) is 24.0 Å². The normalized spacial score (nSPS) is 55.9. The Morgan fingerprint density at radius 1 is 0.640 bits per heavy atom. The van der Waals surface area contributed by atoms with Gasteiger partial charge in [0.25, 0.3) is 0 Å². The standard InChI is InChI=1S/C23H38O2/c1-14-2-3-16-11-17(5-4-15(16)10-14)18-6-8-20(22(24)12-18)21-9-7-19-13-23(21)25-19/h14-24H,2-13H2,1H3. The molecule has 10 unspecified atom stereocenters. The van der Waals surface area contributed by atoms with Crippen LogP contribution in [0.4, 0.5) is 0 Å². The molecule has 0 aromatic carbocycles. The molecule has 4 saturated carbocycles. The van der Waals surface area contributed by atoms with Crippen LogP contribution in [0.25, 0.3) is 0 Å². The summed E-state index contributed by atoms with van der Waals surface area (Å²) >= 11 is 0. The molecule has 0 spiro atoms. The minimum absolute atomic E-state index is 0.0476. The van der Waals surface area contributed by atoms with Crippen LogP contribution in [-0.2, 0) is 4.74 Å². The molecule has 6 aliphatic rings. The molecule has 0 radical (unpaired) electrons. The van der Waals surface area contributed by atoms with Gasteiger partial charge in [0.2, 0.25) is 0 Å². The van der Waals surface area contributed by atoms with Crippen molar-refractivity contribution in [2.45, 2.75) is 102 Å². The fraction of sp³-hybridized carbons (Fsp3) is 1.00. The molecular weight excluding hydrogens is 308 g/mol. The van der Waals surface area contributed by atoms with E-state index in [1.807, 2.05) is 0 Å². The Morgan fingerprint density at radius 3 is 1.92 bits per heavy atom. The highest BCUT2D eigenvalue weighted by molar-refractivity contribution is 4.97. The fourth-order valence-electron chi connectivity index (χ4n) is 7.73. The second-order valence-electron chi connectivity index (χ2n) is 10.6. The first kappa shape index (κ1) is 17.0. The molecule has 10 atom stereocenters. The number of aliphatic hydroxyl groups is 1. The topological polar surface area (TPSA) is 29.5 Å². The van der Waals surface area contributed by atoms with Crippen molar-refractivity contribution in [3.05, 3.63) is 0 Å². The van der Waals surface area contributed by atoms with Crippen molar-refractivity contribution in [3.8, 4) is 0 Å². The Hall–Kier alpha value is -0.0800. The number of hydrogen-bond acceptors (Lipinski definition) is 2. The van der Waals surface area contributed by atoms with Crippen molar-refractivity contribution < 1.29 is 9.84 Å². The molecule has 2 heteroatoms. The summed E-state index contributed by atoms with van der Waals surface area (Å²) in [6.07, 6.45) is 17.5. The van der Waals surface area contributed by atoms with Crippen molar-refractivity contribution in [2.75, 3.05) is 0 Å². The maximum absolute atomic E-state index is 11.0. The summed E-state index contributed by atoms with van der Waals surface area (Å²) in [7, 11) is 0. The summed E-state index contributed by atoms with van der Waals surface area (Å²) in [6, 6.07) is 0. The van der Waals surface area contributed by atoms with E-state index in [2.05, 4.69) is 6.92 Å². The zero-order chi connectivity index (χ0) is 17.0. The number of hydrogen-bond donors (Lipinski definition) is 1. The predicted octanol–water partition coefficient (Wildman–Crippen LogP) is 5.18. The highest BCUT2D eigenvalue weighted by Crippen LogP contribution is 2.51. The van der Waals surface area contributed by atoms with Crippen LogP contribution in [0, 0.1) is 41.4 Å². The maximum Gasteiger partial charge on any atom is 0.0635 e. The van der Waals surface area contributed by atoms with Gasteiger partial charge in [-0.05, 0) is 106 Å². The van der Waals surface area contributed by atoms with E-state index < -0.39 is 0 Å². The molecule has 6 fully saturated rings. The molecule has 0 aromatic heterocycles. The lowest BCUT2D eigenvalue weighted by molar-refractivity contribution is -0.207. The molecule has 0 amide bonds. The zero-order valence-corrected chi connectivity index (χ0v) is 16.1. The molecular formula is C23H38O2. The fourth-order valence-corrected chi connectivity index (χ4v) is 7.73. The number of rotatable bonds is 2. The van der Waals surface area contributed by atoms with Crippen LogP contribution in [0.15, 0.2) is 0 Å². The van der Waals surface area contributed by atoms with Gasteiger partial charge in [-0.3, -0.25) is 0 Å². The van der Waals surface area contributed by atoms with Gasteiger partial charge in [0, 0.05) is 6.42 Å². The third-order valence-electron chi connectivity index (χ3n) is 9.20. The van der Waals surface area contributed by atoms with Crippen LogP contribution < -0.4 is 0 Å². The molecule has 4 aliphatic carbocycles. The number of aliphatic hydroxyl groups excluding tert-OH is 1. The number of fused-ring (bicyclic) bond motifs is 3. The molecule has 2 aliphatic heterocycles. The molecule has 1 N–H and O–H groups in total. The van der Waals surface area contributed by atoms with Crippen LogP contribution in [0.3, 0.4) is 0 Å². The quantitative estimate of drug-likeness (QED) is 0.746. The molecule has 0 aromatic rings. The van der Waals surface area contributed by atoms with Crippen molar-refractivity contribution in [3.63, 3.8) is 0 Å². The van der Waals surface area contributed by atoms with E-state index in [4.69, 9.17) is 4.74 Å². The van der Waals surface area contributed by atoms with Gasteiger partial charge in [0.1, 0.15) is 0 Å². The third-order valence-corrected chi connectivity index (χ3v) is 9.20. The molecule has 142 valence electrons. The van der Waals surface area contributed by atoms with Gasteiger partial charge in [-0.1, -0.05) is 13.3 Å². The molecule has 25 heavy (non-hydrogen) atoms. The lowest BCUT2D eigenvalue weighted by Gasteiger charge is -2.52. The lowest BCUT2D eigenvalue weighted by atomic mass is 9.59. The Labute approximate surface area is 154 Å². The minimum atomic E-state index is -0.0476. The highest BCUT2D eigenvalue weighted by atomic mass is 16.5. The summed E-state index contributed by atoms with van der Waals surface area (Å²) in [5.74, 6) is 5.95. The van der Waals surface area contributed by atoms with Crippen molar-refractivity contribution in [2.24, 2.45) is 41.4 Å². The van der Waals surface area contributed by atoms with Gasteiger partial charge in [-0.15, -0.1) is 0 Å². The average Bonchev–Trinajstić information content (AvgIpc) is 2.60. The summed E-state index contributed by atoms with van der Waals surface area (Å²) < 4.78 is 5.99. The second-order valence-corrected chi connectivity index (χ2v) is 10.6. The van der Waals surface area contributed by atoms with E-state index in [-0.39, 0.29) is 6.10 Å². The van der Waals surface area contributed by atoms with Gasteiger partial charge in [0.15, 0.2) is 0 Å². The Bertz CT molecular complexity index is 468. The van der Waals surface area contributed by atoms with Crippen LogP contribution >= 0.6 is 0 Å². The van der Waals surface area contributed by atoms with E-state index in [1.165, 1.54) is 70.6 Å². The van der Waals surface area contributed by atoms with Gasteiger partial charge >= 0.3 is 0 Å². The van der Waals surface area contributed by atoms with Crippen LogP contribution in [0.5, 0.6) is 0 Å². The van der Waals surface area contributed by atoms with Gasteiger partial charge in [0.05, 0.1) is 18.3 Å². The van der Waals surface area contributed by atoms with Gasteiger partial charge in [-0.25, -0.2) is 0 Å². The maximum atomic E-state index is 11.0. The predicted molar refractivity (Wildman–Crippen MR) is 100 cm³/mol.